The number of rotatable bonds is 5. The van der Waals surface area contributed by atoms with Crippen LogP contribution in [0.25, 0.3) is 0 Å². The fourth-order valence-electron chi connectivity index (χ4n) is 4.48. The van der Waals surface area contributed by atoms with E-state index in [1.54, 1.807) is 0 Å². The summed E-state index contributed by atoms with van der Waals surface area (Å²) in [4.78, 5) is 29.7. The van der Waals surface area contributed by atoms with Crippen molar-refractivity contribution in [3.63, 3.8) is 0 Å². The Morgan fingerprint density at radius 2 is 1.70 bits per heavy atom. The van der Waals surface area contributed by atoms with Gasteiger partial charge in [-0.25, -0.2) is 0 Å². The lowest BCUT2D eigenvalue weighted by atomic mass is 9.98. The number of aromatic nitrogens is 1. The van der Waals surface area contributed by atoms with E-state index in [0.29, 0.717) is 30.2 Å². The van der Waals surface area contributed by atoms with Gasteiger partial charge in [0.2, 0.25) is 0 Å². The molecule has 2 saturated heterocycles. The van der Waals surface area contributed by atoms with Crippen LogP contribution in [0.4, 0.5) is 0 Å². The minimum atomic E-state index is 0.0643. The second kappa shape index (κ2) is 9.37. The SMILES string of the molecule is Cn1cccc1C(=O)N1CCCC(COc2ccccc2C(=O)N2CCCCC2)C1. The number of benzene rings is 1. The van der Waals surface area contributed by atoms with E-state index in [4.69, 9.17) is 4.74 Å². The molecule has 0 N–H and O–H groups in total. The number of para-hydroxylation sites is 1. The standard InChI is InChI=1S/C24H31N3O3/c1-25-13-8-11-21(25)24(29)27-16-7-9-19(17-27)18-30-22-12-4-3-10-20(22)23(28)26-14-5-2-6-15-26/h3-4,8,10-13,19H,2,5-7,9,14-18H2,1H3. The summed E-state index contributed by atoms with van der Waals surface area (Å²) < 4.78 is 8.01. The minimum Gasteiger partial charge on any atom is -0.492 e. The Morgan fingerprint density at radius 3 is 2.47 bits per heavy atom. The van der Waals surface area contributed by atoms with Gasteiger partial charge in [-0.05, 0) is 56.4 Å². The average Bonchev–Trinajstić information content (AvgIpc) is 3.23. The lowest BCUT2D eigenvalue weighted by Gasteiger charge is -2.33. The van der Waals surface area contributed by atoms with Crippen LogP contribution in [0, 0.1) is 5.92 Å². The van der Waals surface area contributed by atoms with Crippen LogP contribution < -0.4 is 4.74 Å². The van der Waals surface area contributed by atoms with Crippen molar-refractivity contribution in [3.8, 4) is 5.75 Å². The molecule has 1 aromatic carbocycles. The van der Waals surface area contributed by atoms with Crippen LogP contribution in [0.5, 0.6) is 5.75 Å². The predicted molar refractivity (Wildman–Crippen MR) is 116 cm³/mol. The Hall–Kier alpha value is -2.76. The molecule has 0 saturated carbocycles. The summed E-state index contributed by atoms with van der Waals surface area (Å²) in [6, 6.07) is 11.3. The number of likely N-dealkylation sites (tertiary alicyclic amines) is 2. The van der Waals surface area contributed by atoms with Crippen molar-refractivity contribution in [1.82, 2.24) is 14.4 Å². The molecule has 0 radical (unpaired) electrons. The summed E-state index contributed by atoms with van der Waals surface area (Å²) in [5, 5.41) is 0. The van der Waals surface area contributed by atoms with Crippen LogP contribution in [-0.4, -0.2) is 59.0 Å². The first kappa shape index (κ1) is 20.5. The Labute approximate surface area is 178 Å². The van der Waals surface area contributed by atoms with Crippen molar-refractivity contribution < 1.29 is 14.3 Å². The zero-order chi connectivity index (χ0) is 20.9. The van der Waals surface area contributed by atoms with E-state index in [1.807, 2.05) is 64.0 Å². The fourth-order valence-corrected chi connectivity index (χ4v) is 4.48. The number of nitrogens with zero attached hydrogens (tertiary/aromatic N) is 3. The van der Waals surface area contributed by atoms with Crippen LogP contribution in [0.1, 0.15) is 53.0 Å². The summed E-state index contributed by atoms with van der Waals surface area (Å²) in [6.45, 7) is 3.63. The molecule has 2 aromatic rings. The highest BCUT2D eigenvalue weighted by atomic mass is 16.5. The summed E-state index contributed by atoms with van der Waals surface area (Å²) >= 11 is 0. The zero-order valence-corrected chi connectivity index (χ0v) is 17.8. The van der Waals surface area contributed by atoms with E-state index in [9.17, 15) is 9.59 Å². The number of carbonyl (C=O) groups is 2. The molecule has 2 fully saturated rings. The smallest absolute Gasteiger partial charge is 0.270 e. The third-order valence-electron chi connectivity index (χ3n) is 6.20. The highest BCUT2D eigenvalue weighted by Crippen LogP contribution is 2.25. The second-order valence-corrected chi connectivity index (χ2v) is 8.42. The van der Waals surface area contributed by atoms with Gasteiger partial charge in [0.25, 0.3) is 11.8 Å². The van der Waals surface area contributed by atoms with Gasteiger partial charge in [-0.15, -0.1) is 0 Å². The van der Waals surface area contributed by atoms with Crippen molar-refractivity contribution >= 4 is 11.8 Å². The van der Waals surface area contributed by atoms with E-state index in [-0.39, 0.29) is 17.7 Å². The maximum atomic E-state index is 13.0. The first-order chi connectivity index (χ1) is 14.6. The van der Waals surface area contributed by atoms with Crippen LogP contribution in [0.2, 0.25) is 0 Å². The molecule has 1 atom stereocenters. The Kier molecular flexibility index (Phi) is 6.41. The molecule has 0 bridgehead atoms. The van der Waals surface area contributed by atoms with Crippen LogP contribution in [-0.2, 0) is 7.05 Å². The van der Waals surface area contributed by atoms with Crippen molar-refractivity contribution in [2.75, 3.05) is 32.8 Å². The molecule has 2 aliphatic heterocycles. The molecule has 1 aromatic heterocycles. The fraction of sp³-hybridized carbons (Fsp3) is 0.500. The molecule has 2 aliphatic rings. The summed E-state index contributed by atoms with van der Waals surface area (Å²) in [5.41, 5.74) is 1.36. The maximum absolute atomic E-state index is 13.0. The van der Waals surface area contributed by atoms with Gasteiger partial charge in [0.1, 0.15) is 11.4 Å². The van der Waals surface area contributed by atoms with Crippen LogP contribution in [0.3, 0.4) is 0 Å². The maximum Gasteiger partial charge on any atom is 0.270 e. The Bertz CT molecular complexity index is 885. The third kappa shape index (κ3) is 4.53. The molecule has 6 nitrogen and oxygen atoms in total. The quantitative estimate of drug-likeness (QED) is 0.758. The summed E-state index contributed by atoms with van der Waals surface area (Å²) in [7, 11) is 1.90. The van der Waals surface area contributed by atoms with Gasteiger partial charge >= 0.3 is 0 Å². The monoisotopic (exact) mass is 409 g/mol. The Balaban J connectivity index is 1.38. The number of ether oxygens (including phenoxy) is 1. The van der Waals surface area contributed by atoms with Gasteiger partial charge in [0.05, 0.1) is 12.2 Å². The van der Waals surface area contributed by atoms with Crippen molar-refractivity contribution in [2.45, 2.75) is 32.1 Å². The summed E-state index contributed by atoms with van der Waals surface area (Å²) in [6.07, 6.45) is 7.23. The molecule has 0 spiro atoms. The molecular formula is C24H31N3O3. The highest BCUT2D eigenvalue weighted by Gasteiger charge is 2.27. The molecular weight excluding hydrogens is 378 g/mol. The first-order valence-corrected chi connectivity index (χ1v) is 11.0. The van der Waals surface area contributed by atoms with Gasteiger partial charge in [-0.2, -0.15) is 0 Å². The number of piperidine rings is 2. The minimum absolute atomic E-state index is 0.0643. The van der Waals surface area contributed by atoms with E-state index >= 15 is 0 Å². The molecule has 30 heavy (non-hydrogen) atoms. The molecule has 3 heterocycles. The van der Waals surface area contributed by atoms with Gasteiger partial charge < -0.3 is 19.1 Å². The average molecular weight is 410 g/mol. The van der Waals surface area contributed by atoms with Crippen LogP contribution >= 0.6 is 0 Å². The van der Waals surface area contributed by atoms with E-state index in [0.717, 1.165) is 45.3 Å². The molecule has 1 unspecified atom stereocenters. The molecule has 4 rings (SSSR count). The Morgan fingerprint density at radius 1 is 0.933 bits per heavy atom. The van der Waals surface area contributed by atoms with E-state index < -0.39 is 0 Å². The van der Waals surface area contributed by atoms with Gasteiger partial charge in [-0.1, -0.05) is 12.1 Å². The number of hydrogen-bond donors (Lipinski definition) is 0. The highest BCUT2D eigenvalue weighted by molar-refractivity contribution is 5.97. The normalized spacial score (nSPS) is 19.6. The number of hydrogen-bond acceptors (Lipinski definition) is 3. The molecule has 6 heteroatoms. The van der Waals surface area contributed by atoms with Crippen molar-refractivity contribution in [3.05, 3.63) is 53.9 Å². The first-order valence-electron chi connectivity index (χ1n) is 11.0. The zero-order valence-electron chi connectivity index (χ0n) is 17.8. The predicted octanol–water partition coefficient (Wildman–Crippen LogP) is 3.58. The van der Waals surface area contributed by atoms with E-state index in [1.165, 1.54) is 6.42 Å². The lowest BCUT2D eigenvalue weighted by molar-refractivity contribution is 0.0622. The number of carbonyl (C=O) groups excluding carboxylic acids is 2. The number of aryl methyl sites for hydroxylation is 1. The van der Waals surface area contributed by atoms with Crippen molar-refractivity contribution in [1.29, 1.82) is 0 Å². The lowest BCUT2D eigenvalue weighted by Crippen LogP contribution is -2.42. The van der Waals surface area contributed by atoms with Crippen molar-refractivity contribution in [2.24, 2.45) is 13.0 Å². The summed E-state index contributed by atoms with van der Waals surface area (Å²) in [5.74, 6) is 1.06. The molecule has 2 amide bonds. The molecule has 160 valence electrons. The van der Waals surface area contributed by atoms with Gasteiger partial charge in [0.15, 0.2) is 0 Å². The van der Waals surface area contributed by atoms with Crippen LogP contribution in [0.15, 0.2) is 42.6 Å². The van der Waals surface area contributed by atoms with Gasteiger partial charge in [-0.3, -0.25) is 9.59 Å². The second-order valence-electron chi connectivity index (χ2n) is 8.42. The molecule has 0 aliphatic carbocycles. The van der Waals surface area contributed by atoms with E-state index in [2.05, 4.69) is 0 Å². The topological polar surface area (TPSA) is 54.8 Å². The largest absolute Gasteiger partial charge is 0.492 e. The third-order valence-corrected chi connectivity index (χ3v) is 6.20. The number of amides is 2. The van der Waals surface area contributed by atoms with Gasteiger partial charge in [0, 0.05) is 45.3 Å².